The molecule has 112 valence electrons. The summed E-state index contributed by atoms with van der Waals surface area (Å²) in [5.74, 6) is 0.0411. The second kappa shape index (κ2) is 7.17. The number of carbonyl (C=O) groups is 1. The van der Waals surface area contributed by atoms with Gasteiger partial charge in [-0.05, 0) is 23.6 Å². The van der Waals surface area contributed by atoms with Crippen LogP contribution in [0.15, 0.2) is 30.5 Å². The number of ether oxygens (including phenoxy) is 1. The van der Waals surface area contributed by atoms with E-state index in [0.717, 1.165) is 10.6 Å². The minimum absolute atomic E-state index is 0.256. The molecule has 0 saturated heterocycles. The Morgan fingerprint density at radius 1 is 1.38 bits per heavy atom. The van der Waals surface area contributed by atoms with Gasteiger partial charge in [-0.1, -0.05) is 26.0 Å². The zero-order valence-corrected chi connectivity index (χ0v) is 12.7. The molecular formula is C15H17FN2O2S. The van der Waals surface area contributed by atoms with Crippen molar-refractivity contribution in [1.82, 2.24) is 4.98 Å². The first-order valence-corrected chi connectivity index (χ1v) is 7.47. The molecule has 21 heavy (non-hydrogen) atoms. The minimum atomic E-state index is -0.472. The molecule has 1 N–H and O–H groups in total. The van der Waals surface area contributed by atoms with Gasteiger partial charge in [0.15, 0.2) is 0 Å². The topological polar surface area (TPSA) is 51.2 Å². The van der Waals surface area contributed by atoms with Crippen LogP contribution in [0.5, 0.6) is 0 Å². The number of hydrogen-bond donors (Lipinski definition) is 1. The Balaban J connectivity index is 1.89. The molecule has 0 unspecified atom stereocenters. The van der Waals surface area contributed by atoms with Gasteiger partial charge in [-0.2, -0.15) is 0 Å². The summed E-state index contributed by atoms with van der Waals surface area (Å²) in [5.41, 5.74) is 0.972. The lowest BCUT2D eigenvalue weighted by molar-refractivity contribution is 0.147. The van der Waals surface area contributed by atoms with Crippen LogP contribution in [0.1, 0.15) is 24.4 Å². The number of amides is 1. The van der Waals surface area contributed by atoms with E-state index in [4.69, 9.17) is 4.74 Å². The van der Waals surface area contributed by atoms with Crippen molar-refractivity contribution in [3.63, 3.8) is 0 Å². The van der Waals surface area contributed by atoms with Crippen molar-refractivity contribution in [2.75, 3.05) is 11.9 Å². The second-order valence-electron chi connectivity index (χ2n) is 5.04. The molecule has 0 atom stereocenters. The van der Waals surface area contributed by atoms with Crippen LogP contribution in [0.25, 0.3) is 0 Å². The Morgan fingerprint density at radius 2 is 2.10 bits per heavy atom. The third-order valence-electron chi connectivity index (χ3n) is 2.60. The molecule has 1 heterocycles. The number of nitrogens with zero attached hydrogens (tertiary/aromatic N) is 1. The molecule has 0 fully saturated rings. The van der Waals surface area contributed by atoms with E-state index < -0.39 is 6.09 Å². The molecule has 1 aromatic carbocycles. The van der Waals surface area contributed by atoms with Gasteiger partial charge in [0, 0.05) is 6.42 Å². The number of benzene rings is 1. The fourth-order valence-corrected chi connectivity index (χ4v) is 2.44. The van der Waals surface area contributed by atoms with E-state index in [-0.39, 0.29) is 5.82 Å². The molecule has 6 heteroatoms. The Morgan fingerprint density at radius 3 is 2.76 bits per heavy atom. The monoisotopic (exact) mass is 308 g/mol. The van der Waals surface area contributed by atoms with E-state index in [2.05, 4.69) is 10.3 Å². The normalized spacial score (nSPS) is 10.7. The largest absolute Gasteiger partial charge is 0.449 e. The Labute approximate surface area is 127 Å². The minimum Gasteiger partial charge on any atom is -0.449 e. The average Bonchev–Trinajstić information content (AvgIpc) is 2.86. The van der Waals surface area contributed by atoms with E-state index >= 15 is 0 Å². The lowest BCUT2D eigenvalue weighted by Gasteiger charge is -2.06. The third kappa shape index (κ3) is 5.15. The van der Waals surface area contributed by atoms with Gasteiger partial charge in [-0.15, -0.1) is 11.3 Å². The second-order valence-corrected chi connectivity index (χ2v) is 6.15. The van der Waals surface area contributed by atoms with Gasteiger partial charge in [-0.25, -0.2) is 14.2 Å². The highest BCUT2D eigenvalue weighted by atomic mass is 32.1. The molecule has 0 aliphatic carbocycles. The van der Waals surface area contributed by atoms with Crippen LogP contribution in [-0.2, 0) is 11.2 Å². The predicted molar refractivity (Wildman–Crippen MR) is 81.1 cm³/mol. The van der Waals surface area contributed by atoms with Crippen molar-refractivity contribution in [1.29, 1.82) is 0 Å². The molecule has 0 aliphatic heterocycles. The number of hydrogen-bond acceptors (Lipinski definition) is 4. The van der Waals surface area contributed by atoms with Crippen LogP contribution in [0.4, 0.5) is 14.2 Å². The van der Waals surface area contributed by atoms with Crippen molar-refractivity contribution < 1.29 is 13.9 Å². The number of nitrogens with one attached hydrogen (secondary N) is 1. The average molecular weight is 308 g/mol. The van der Waals surface area contributed by atoms with E-state index in [1.807, 2.05) is 13.8 Å². The standard InChI is InChI=1S/C15H17FN2O2S/c1-10(2)9-20-15(19)18-14-8-17-13(21-14)7-11-3-5-12(16)6-4-11/h3-6,8,10H,7,9H2,1-2H3,(H,18,19). The van der Waals surface area contributed by atoms with E-state index in [1.54, 1.807) is 18.3 Å². The van der Waals surface area contributed by atoms with E-state index in [0.29, 0.717) is 23.9 Å². The summed E-state index contributed by atoms with van der Waals surface area (Å²) >= 11 is 1.38. The Kier molecular flexibility index (Phi) is 5.27. The zero-order valence-electron chi connectivity index (χ0n) is 11.9. The van der Waals surface area contributed by atoms with Crippen molar-refractivity contribution in [3.8, 4) is 0 Å². The molecule has 0 radical (unpaired) electrons. The maximum Gasteiger partial charge on any atom is 0.412 e. The fraction of sp³-hybridized carbons (Fsp3) is 0.333. The van der Waals surface area contributed by atoms with Crippen LogP contribution in [0.2, 0.25) is 0 Å². The molecule has 0 spiro atoms. The van der Waals surface area contributed by atoms with Crippen LogP contribution in [0.3, 0.4) is 0 Å². The van der Waals surface area contributed by atoms with Crippen LogP contribution < -0.4 is 5.32 Å². The molecule has 1 aromatic heterocycles. The molecule has 1 amide bonds. The van der Waals surface area contributed by atoms with Gasteiger partial charge in [0.1, 0.15) is 10.8 Å². The number of halogens is 1. The molecule has 0 aliphatic rings. The molecule has 0 saturated carbocycles. The van der Waals surface area contributed by atoms with Crippen molar-refractivity contribution in [3.05, 3.63) is 46.9 Å². The summed E-state index contributed by atoms with van der Waals surface area (Å²) in [6.45, 7) is 4.33. The smallest absolute Gasteiger partial charge is 0.412 e. The first-order chi connectivity index (χ1) is 10.0. The lowest BCUT2D eigenvalue weighted by Crippen LogP contribution is -2.15. The molecule has 4 nitrogen and oxygen atoms in total. The van der Waals surface area contributed by atoms with Crippen molar-refractivity contribution >= 4 is 22.4 Å². The van der Waals surface area contributed by atoms with Crippen LogP contribution >= 0.6 is 11.3 Å². The quantitative estimate of drug-likeness (QED) is 0.905. The maximum absolute atomic E-state index is 12.8. The van der Waals surface area contributed by atoms with Crippen molar-refractivity contribution in [2.24, 2.45) is 5.92 Å². The third-order valence-corrected chi connectivity index (χ3v) is 3.51. The van der Waals surface area contributed by atoms with Gasteiger partial charge in [0.05, 0.1) is 17.8 Å². The predicted octanol–water partition coefficient (Wildman–Crippen LogP) is 4.08. The van der Waals surface area contributed by atoms with E-state index in [9.17, 15) is 9.18 Å². The first-order valence-electron chi connectivity index (χ1n) is 6.66. The number of thiazole rings is 1. The van der Waals surface area contributed by atoms with Crippen molar-refractivity contribution in [2.45, 2.75) is 20.3 Å². The van der Waals surface area contributed by atoms with Crippen LogP contribution in [0, 0.1) is 11.7 Å². The summed E-state index contributed by atoms with van der Waals surface area (Å²) in [7, 11) is 0. The van der Waals surface area contributed by atoms with Gasteiger partial charge in [0.2, 0.25) is 0 Å². The number of rotatable bonds is 5. The lowest BCUT2D eigenvalue weighted by atomic mass is 10.2. The summed E-state index contributed by atoms with van der Waals surface area (Å²) in [5, 5.41) is 4.14. The summed E-state index contributed by atoms with van der Waals surface area (Å²) in [4.78, 5) is 15.8. The molecular weight excluding hydrogens is 291 g/mol. The molecule has 0 bridgehead atoms. The zero-order chi connectivity index (χ0) is 15.2. The maximum atomic E-state index is 12.8. The molecule has 2 rings (SSSR count). The molecule has 2 aromatic rings. The fourth-order valence-electron chi connectivity index (χ4n) is 1.61. The van der Waals surface area contributed by atoms with Gasteiger partial charge in [0.25, 0.3) is 0 Å². The van der Waals surface area contributed by atoms with E-state index in [1.165, 1.54) is 23.5 Å². The Bertz CT molecular complexity index is 596. The highest BCUT2D eigenvalue weighted by Gasteiger charge is 2.08. The van der Waals surface area contributed by atoms with Gasteiger partial charge < -0.3 is 4.74 Å². The highest BCUT2D eigenvalue weighted by molar-refractivity contribution is 7.15. The van der Waals surface area contributed by atoms with Gasteiger partial charge >= 0.3 is 6.09 Å². The summed E-state index contributed by atoms with van der Waals surface area (Å²) in [6, 6.07) is 6.29. The summed E-state index contributed by atoms with van der Waals surface area (Å²) in [6.07, 6.45) is 1.73. The van der Waals surface area contributed by atoms with Gasteiger partial charge in [-0.3, -0.25) is 5.32 Å². The number of aromatic nitrogens is 1. The first kappa shape index (κ1) is 15.4. The SMILES string of the molecule is CC(C)COC(=O)Nc1cnc(Cc2ccc(F)cc2)s1. The van der Waals surface area contributed by atoms with Crippen LogP contribution in [-0.4, -0.2) is 17.7 Å². The number of anilines is 1. The number of carbonyl (C=O) groups excluding carboxylic acids is 1. The summed E-state index contributed by atoms with van der Waals surface area (Å²) < 4.78 is 17.9. The Hall–Kier alpha value is -1.95. The highest BCUT2D eigenvalue weighted by Crippen LogP contribution is 2.21.